The van der Waals surface area contributed by atoms with Crippen LogP contribution in [0.25, 0.3) is 0 Å². The zero-order chi connectivity index (χ0) is 14.5. The summed E-state index contributed by atoms with van der Waals surface area (Å²) in [5.74, 6) is -0.547. The number of hydrogen-bond donors (Lipinski definition) is 2. The van der Waals surface area contributed by atoms with E-state index in [1.165, 1.54) is 38.3 Å². The Kier molecular flexibility index (Phi) is 5.31. The molecule has 0 aliphatic rings. The molecule has 7 heteroatoms. The smallest absolute Gasteiger partial charge is 0.238 e. The molecule has 19 heavy (non-hydrogen) atoms. The first-order valence-electron chi connectivity index (χ1n) is 5.75. The second kappa shape index (κ2) is 6.53. The van der Waals surface area contributed by atoms with Crippen molar-refractivity contribution in [1.82, 2.24) is 5.32 Å². The van der Waals surface area contributed by atoms with Crippen LogP contribution in [0.3, 0.4) is 0 Å². The Morgan fingerprint density at radius 1 is 1.37 bits per heavy atom. The Bertz CT molecular complexity index is 525. The number of sulfone groups is 1. The summed E-state index contributed by atoms with van der Waals surface area (Å²) in [6, 6.07) is 5.76. The van der Waals surface area contributed by atoms with Gasteiger partial charge in [0.1, 0.15) is 5.25 Å². The molecule has 1 aromatic carbocycles. The van der Waals surface area contributed by atoms with Crippen molar-refractivity contribution in [3.05, 3.63) is 24.3 Å². The molecule has 0 radical (unpaired) electrons. The van der Waals surface area contributed by atoms with Gasteiger partial charge in [0.15, 0.2) is 9.84 Å². The average Bonchev–Trinajstić information content (AvgIpc) is 2.38. The fourth-order valence-electron chi connectivity index (χ4n) is 1.42. The molecule has 0 fully saturated rings. The third-order valence-electron chi connectivity index (χ3n) is 2.65. The van der Waals surface area contributed by atoms with E-state index in [0.29, 0.717) is 12.3 Å². The summed E-state index contributed by atoms with van der Waals surface area (Å²) in [6.45, 7) is 1.96. The fourth-order valence-corrected chi connectivity index (χ4v) is 2.71. The van der Waals surface area contributed by atoms with E-state index in [-0.39, 0.29) is 11.4 Å². The van der Waals surface area contributed by atoms with Gasteiger partial charge < -0.3 is 15.8 Å². The Morgan fingerprint density at radius 3 is 2.47 bits per heavy atom. The molecular weight excluding hydrogens is 268 g/mol. The number of hydrogen-bond acceptors (Lipinski definition) is 5. The molecule has 3 N–H and O–H groups in total. The predicted octanol–water partition coefficient (Wildman–Crippen LogP) is 0.194. The number of anilines is 1. The molecule has 0 aromatic heterocycles. The van der Waals surface area contributed by atoms with E-state index in [4.69, 9.17) is 10.5 Å². The highest BCUT2D eigenvalue weighted by Gasteiger charge is 2.29. The van der Waals surface area contributed by atoms with Crippen LogP contribution in [0.4, 0.5) is 5.69 Å². The number of ether oxygens (including phenoxy) is 1. The normalized spacial score (nSPS) is 12.9. The second-order valence-corrected chi connectivity index (χ2v) is 6.31. The van der Waals surface area contributed by atoms with Crippen molar-refractivity contribution in [1.29, 1.82) is 0 Å². The standard InChI is InChI=1S/C12H18N2O4S/c1-9(12(15)14-7-8-18-2)19(16,17)11-5-3-10(13)4-6-11/h3-6,9H,7-8,13H2,1-2H3,(H,14,15). The third-order valence-corrected chi connectivity index (χ3v) is 4.72. The summed E-state index contributed by atoms with van der Waals surface area (Å²) in [6.07, 6.45) is 0. The van der Waals surface area contributed by atoms with Gasteiger partial charge in [0, 0.05) is 19.3 Å². The highest BCUT2D eigenvalue weighted by molar-refractivity contribution is 7.92. The number of rotatable bonds is 6. The summed E-state index contributed by atoms with van der Waals surface area (Å²) in [7, 11) is -2.20. The van der Waals surface area contributed by atoms with Gasteiger partial charge in [0.05, 0.1) is 11.5 Å². The highest BCUT2D eigenvalue weighted by Crippen LogP contribution is 2.17. The minimum atomic E-state index is -3.70. The number of nitrogens with two attached hydrogens (primary N) is 1. The number of carbonyl (C=O) groups is 1. The van der Waals surface area contributed by atoms with Crippen LogP contribution in [0.5, 0.6) is 0 Å². The highest BCUT2D eigenvalue weighted by atomic mass is 32.2. The van der Waals surface area contributed by atoms with Crippen LogP contribution in [0, 0.1) is 0 Å². The lowest BCUT2D eigenvalue weighted by atomic mass is 10.3. The summed E-state index contributed by atoms with van der Waals surface area (Å²) < 4.78 is 29.1. The van der Waals surface area contributed by atoms with E-state index in [9.17, 15) is 13.2 Å². The maximum atomic E-state index is 12.2. The van der Waals surface area contributed by atoms with Crippen LogP contribution >= 0.6 is 0 Å². The van der Waals surface area contributed by atoms with Gasteiger partial charge in [0.2, 0.25) is 5.91 Å². The van der Waals surface area contributed by atoms with Gasteiger partial charge in [-0.25, -0.2) is 8.42 Å². The summed E-state index contributed by atoms with van der Waals surface area (Å²) in [5, 5.41) is 1.34. The molecule has 0 bridgehead atoms. The van der Waals surface area contributed by atoms with Crippen LogP contribution in [-0.4, -0.2) is 39.8 Å². The van der Waals surface area contributed by atoms with E-state index < -0.39 is 21.0 Å². The van der Waals surface area contributed by atoms with Crippen molar-refractivity contribution in [2.45, 2.75) is 17.1 Å². The lowest BCUT2D eigenvalue weighted by Crippen LogP contribution is -2.39. The van der Waals surface area contributed by atoms with Gasteiger partial charge >= 0.3 is 0 Å². The molecule has 1 amide bonds. The number of amides is 1. The van der Waals surface area contributed by atoms with Gasteiger partial charge in [-0.05, 0) is 31.2 Å². The van der Waals surface area contributed by atoms with E-state index in [1.807, 2.05) is 0 Å². The number of methoxy groups -OCH3 is 1. The molecule has 0 aliphatic carbocycles. The SMILES string of the molecule is COCCNC(=O)C(C)S(=O)(=O)c1ccc(N)cc1. The maximum absolute atomic E-state index is 12.2. The van der Waals surface area contributed by atoms with E-state index in [1.54, 1.807) is 0 Å². The van der Waals surface area contributed by atoms with Crippen LogP contribution in [-0.2, 0) is 19.4 Å². The summed E-state index contributed by atoms with van der Waals surface area (Å²) in [5.41, 5.74) is 5.97. The Morgan fingerprint density at radius 2 is 1.95 bits per heavy atom. The summed E-state index contributed by atoms with van der Waals surface area (Å²) in [4.78, 5) is 11.8. The van der Waals surface area contributed by atoms with Crippen LogP contribution < -0.4 is 11.1 Å². The third kappa shape index (κ3) is 3.93. The van der Waals surface area contributed by atoms with Crippen LogP contribution in [0.15, 0.2) is 29.2 Å². The second-order valence-electron chi connectivity index (χ2n) is 4.04. The number of nitrogen functional groups attached to an aromatic ring is 1. The molecule has 1 aromatic rings. The topological polar surface area (TPSA) is 98.5 Å². The summed E-state index contributed by atoms with van der Waals surface area (Å²) >= 11 is 0. The van der Waals surface area contributed by atoms with Crippen LogP contribution in [0.1, 0.15) is 6.92 Å². The van der Waals surface area contributed by atoms with E-state index in [0.717, 1.165) is 0 Å². The minimum Gasteiger partial charge on any atom is -0.399 e. The molecule has 1 unspecified atom stereocenters. The van der Waals surface area contributed by atoms with Crippen molar-refractivity contribution in [2.24, 2.45) is 0 Å². The van der Waals surface area contributed by atoms with Crippen molar-refractivity contribution < 1.29 is 17.9 Å². The van der Waals surface area contributed by atoms with Gasteiger partial charge in [-0.1, -0.05) is 0 Å². The monoisotopic (exact) mass is 286 g/mol. The lowest BCUT2D eigenvalue weighted by molar-refractivity contribution is -0.120. The zero-order valence-corrected chi connectivity index (χ0v) is 11.7. The Labute approximate surface area is 112 Å². The molecule has 0 spiro atoms. The van der Waals surface area contributed by atoms with Crippen molar-refractivity contribution in [2.75, 3.05) is 26.0 Å². The largest absolute Gasteiger partial charge is 0.399 e. The minimum absolute atomic E-state index is 0.0797. The fraction of sp³-hybridized carbons (Fsp3) is 0.417. The molecule has 0 aliphatic heterocycles. The first kappa shape index (κ1) is 15.5. The van der Waals surface area contributed by atoms with Gasteiger partial charge in [-0.3, -0.25) is 4.79 Å². The number of nitrogens with one attached hydrogen (secondary N) is 1. The maximum Gasteiger partial charge on any atom is 0.238 e. The quantitative estimate of drug-likeness (QED) is 0.575. The van der Waals surface area contributed by atoms with Gasteiger partial charge in [-0.15, -0.1) is 0 Å². The molecule has 1 atom stereocenters. The van der Waals surface area contributed by atoms with Crippen molar-refractivity contribution in [3.63, 3.8) is 0 Å². The van der Waals surface area contributed by atoms with Crippen molar-refractivity contribution >= 4 is 21.4 Å². The molecular formula is C12H18N2O4S. The molecule has 0 heterocycles. The first-order valence-corrected chi connectivity index (χ1v) is 7.30. The molecule has 106 valence electrons. The average molecular weight is 286 g/mol. The Balaban J connectivity index is 2.82. The molecule has 0 saturated carbocycles. The van der Waals surface area contributed by atoms with Gasteiger partial charge in [0.25, 0.3) is 0 Å². The predicted molar refractivity (Wildman–Crippen MR) is 72.4 cm³/mol. The Hall–Kier alpha value is -1.60. The van der Waals surface area contributed by atoms with Gasteiger partial charge in [-0.2, -0.15) is 0 Å². The van der Waals surface area contributed by atoms with E-state index in [2.05, 4.69) is 5.32 Å². The lowest BCUT2D eigenvalue weighted by Gasteiger charge is -2.13. The molecule has 1 rings (SSSR count). The molecule has 6 nitrogen and oxygen atoms in total. The zero-order valence-electron chi connectivity index (χ0n) is 10.9. The van der Waals surface area contributed by atoms with Crippen LogP contribution in [0.2, 0.25) is 0 Å². The molecule has 0 saturated heterocycles. The van der Waals surface area contributed by atoms with E-state index >= 15 is 0 Å². The van der Waals surface area contributed by atoms with Crippen molar-refractivity contribution in [3.8, 4) is 0 Å². The number of benzene rings is 1. The first-order chi connectivity index (χ1) is 8.89. The number of carbonyl (C=O) groups excluding carboxylic acids is 1.